The van der Waals surface area contributed by atoms with Crippen LogP contribution in [0, 0.1) is 0 Å². The molecule has 0 amide bonds. The first-order valence-electron chi connectivity index (χ1n) is 7.41. The van der Waals surface area contributed by atoms with Crippen LogP contribution in [0.3, 0.4) is 0 Å². The van der Waals surface area contributed by atoms with E-state index in [-0.39, 0.29) is 0 Å². The van der Waals surface area contributed by atoms with Crippen molar-refractivity contribution in [3.8, 4) is 0 Å². The average Bonchev–Trinajstić information content (AvgIpc) is 3.02. The van der Waals surface area contributed by atoms with Crippen molar-refractivity contribution in [1.82, 2.24) is 19.6 Å². The lowest BCUT2D eigenvalue weighted by atomic mass is 10.3. The number of nitrogens with zero attached hydrogens (tertiary/aromatic N) is 4. The largest absolute Gasteiger partial charge is 0.337 e. The SMILES string of the molecule is CCc1nnc2c(Nc3ccc(Cl)cc3)nc3ccccc3n12. The second-order valence-electron chi connectivity index (χ2n) is 5.21. The van der Waals surface area contributed by atoms with Crippen molar-refractivity contribution in [3.63, 3.8) is 0 Å². The molecular weight excluding hydrogens is 310 g/mol. The second kappa shape index (κ2) is 5.52. The van der Waals surface area contributed by atoms with E-state index in [0.717, 1.165) is 34.6 Å². The van der Waals surface area contributed by atoms with Crippen molar-refractivity contribution < 1.29 is 0 Å². The molecule has 6 heteroatoms. The van der Waals surface area contributed by atoms with Crippen molar-refractivity contribution in [2.24, 2.45) is 0 Å². The number of fused-ring (bicyclic) bond motifs is 3. The Morgan fingerprint density at radius 1 is 1.04 bits per heavy atom. The lowest BCUT2D eigenvalue weighted by molar-refractivity contribution is 0.922. The standard InChI is InChI=1S/C17H14ClN5/c1-2-15-21-22-17-16(19-12-9-7-11(18)8-10-12)20-13-5-3-4-6-14(13)23(15)17/h3-10H,2H2,1H3,(H,19,20). The number of anilines is 2. The lowest BCUT2D eigenvalue weighted by Gasteiger charge is -2.10. The Bertz CT molecular complexity index is 991. The lowest BCUT2D eigenvalue weighted by Crippen LogP contribution is -2.02. The maximum Gasteiger partial charge on any atom is 0.204 e. The van der Waals surface area contributed by atoms with E-state index in [0.29, 0.717) is 10.8 Å². The highest BCUT2D eigenvalue weighted by molar-refractivity contribution is 6.30. The Hall–Kier alpha value is -2.66. The number of nitrogens with one attached hydrogen (secondary N) is 1. The van der Waals surface area contributed by atoms with Gasteiger partial charge in [0, 0.05) is 17.1 Å². The zero-order chi connectivity index (χ0) is 15.8. The van der Waals surface area contributed by atoms with Gasteiger partial charge in [-0.2, -0.15) is 0 Å². The number of hydrogen-bond donors (Lipinski definition) is 1. The number of aromatic nitrogens is 4. The van der Waals surface area contributed by atoms with Crippen molar-refractivity contribution >= 4 is 39.8 Å². The van der Waals surface area contributed by atoms with Crippen molar-refractivity contribution in [2.45, 2.75) is 13.3 Å². The molecule has 0 saturated heterocycles. The third-order valence-corrected chi connectivity index (χ3v) is 3.97. The summed E-state index contributed by atoms with van der Waals surface area (Å²) in [6.45, 7) is 2.07. The number of halogens is 1. The Morgan fingerprint density at radius 2 is 1.83 bits per heavy atom. The molecule has 1 N–H and O–H groups in total. The van der Waals surface area contributed by atoms with E-state index >= 15 is 0 Å². The van der Waals surface area contributed by atoms with Gasteiger partial charge in [0.05, 0.1) is 11.0 Å². The van der Waals surface area contributed by atoms with Crippen LogP contribution >= 0.6 is 11.6 Å². The molecule has 5 nitrogen and oxygen atoms in total. The molecule has 0 aliphatic heterocycles. The van der Waals surface area contributed by atoms with E-state index in [2.05, 4.69) is 26.8 Å². The van der Waals surface area contributed by atoms with Crippen LogP contribution in [0.25, 0.3) is 16.7 Å². The van der Waals surface area contributed by atoms with Crippen molar-refractivity contribution in [3.05, 3.63) is 59.4 Å². The summed E-state index contributed by atoms with van der Waals surface area (Å²) in [4.78, 5) is 4.70. The fourth-order valence-corrected chi connectivity index (χ4v) is 2.75. The highest BCUT2D eigenvalue weighted by Gasteiger charge is 2.14. The number of rotatable bonds is 3. The van der Waals surface area contributed by atoms with E-state index in [1.54, 1.807) is 0 Å². The quantitative estimate of drug-likeness (QED) is 0.613. The molecule has 0 aliphatic carbocycles. The Labute approximate surface area is 137 Å². The monoisotopic (exact) mass is 323 g/mol. The van der Waals surface area contributed by atoms with Crippen LogP contribution in [0.4, 0.5) is 11.5 Å². The molecule has 0 radical (unpaired) electrons. The molecule has 4 rings (SSSR count). The number of hydrogen-bond acceptors (Lipinski definition) is 4. The molecule has 114 valence electrons. The molecule has 0 fully saturated rings. The molecule has 0 spiro atoms. The number of aryl methyl sites for hydroxylation is 1. The van der Waals surface area contributed by atoms with Crippen LogP contribution in [0.5, 0.6) is 0 Å². The summed E-state index contributed by atoms with van der Waals surface area (Å²) in [7, 11) is 0. The first-order valence-corrected chi connectivity index (χ1v) is 7.79. The zero-order valence-electron chi connectivity index (χ0n) is 12.5. The summed E-state index contributed by atoms with van der Waals surface area (Å²) in [6.07, 6.45) is 0.801. The van der Waals surface area contributed by atoms with Gasteiger partial charge in [-0.3, -0.25) is 4.40 Å². The van der Waals surface area contributed by atoms with Crippen LogP contribution < -0.4 is 5.32 Å². The highest BCUT2D eigenvalue weighted by atomic mass is 35.5. The predicted molar refractivity (Wildman–Crippen MR) is 92.4 cm³/mol. The van der Waals surface area contributed by atoms with Gasteiger partial charge in [-0.15, -0.1) is 10.2 Å². The van der Waals surface area contributed by atoms with Gasteiger partial charge in [0.1, 0.15) is 5.82 Å². The van der Waals surface area contributed by atoms with Crippen LogP contribution in [-0.4, -0.2) is 19.6 Å². The Kier molecular flexibility index (Phi) is 3.35. The Morgan fingerprint density at radius 3 is 2.61 bits per heavy atom. The van der Waals surface area contributed by atoms with E-state index < -0.39 is 0 Å². The molecule has 23 heavy (non-hydrogen) atoms. The fraction of sp³-hybridized carbons (Fsp3) is 0.118. The summed E-state index contributed by atoms with van der Waals surface area (Å²) < 4.78 is 2.06. The summed E-state index contributed by atoms with van der Waals surface area (Å²) in [5.74, 6) is 1.59. The normalized spacial score (nSPS) is 11.2. The van der Waals surface area contributed by atoms with Gasteiger partial charge < -0.3 is 5.32 Å². The van der Waals surface area contributed by atoms with Gasteiger partial charge in [0.15, 0.2) is 5.82 Å². The van der Waals surface area contributed by atoms with Gasteiger partial charge >= 0.3 is 0 Å². The molecule has 2 aromatic heterocycles. The number of benzene rings is 2. The summed E-state index contributed by atoms with van der Waals surface area (Å²) in [5, 5.41) is 12.6. The first kappa shape index (κ1) is 14.0. The van der Waals surface area contributed by atoms with Crippen LogP contribution in [0.1, 0.15) is 12.7 Å². The predicted octanol–water partition coefficient (Wildman–Crippen LogP) is 4.24. The summed E-state index contributed by atoms with van der Waals surface area (Å²) >= 11 is 5.94. The Balaban J connectivity index is 1.94. The molecule has 0 unspecified atom stereocenters. The van der Waals surface area contributed by atoms with E-state index in [9.17, 15) is 0 Å². The minimum Gasteiger partial charge on any atom is -0.337 e. The first-order chi connectivity index (χ1) is 11.3. The maximum absolute atomic E-state index is 5.94. The average molecular weight is 324 g/mol. The minimum absolute atomic E-state index is 0.679. The molecule has 2 heterocycles. The van der Waals surface area contributed by atoms with E-state index in [4.69, 9.17) is 16.6 Å². The molecule has 0 bridgehead atoms. The highest BCUT2D eigenvalue weighted by Crippen LogP contribution is 2.25. The third-order valence-electron chi connectivity index (χ3n) is 3.72. The van der Waals surface area contributed by atoms with Gasteiger partial charge in [-0.25, -0.2) is 4.98 Å². The van der Waals surface area contributed by atoms with Crippen LogP contribution in [0.15, 0.2) is 48.5 Å². The van der Waals surface area contributed by atoms with E-state index in [1.807, 2.05) is 48.5 Å². The molecular formula is C17H14ClN5. The second-order valence-corrected chi connectivity index (χ2v) is 5.65. The molecule has 0 saturated carbocycles. The van der Waals surface area contributed by atoms with Crippen molar-refractivity contribution in [2.75, 3.05) is 5.32 Å². The van der Waals surface area contributed by atoms with Crippen molar-refractivity contribution in [1.29, 1.82) is 0 Å². The van der Waals surface area contributed by atoms with Crippen LogP contribution in [0.2, 0.25) is 5.02 Å². The summed E-state index contributed by atoms with van der Waals surface area (Å²) in [5.41, 5.74) is 3.52. The maximum atomic E-state index is 5.94. The van der Waals surface area contributed by atoms with E-state index in [1.165, 1.54) is 0 Å². The zero-order valence-corrected chi connectivity index (χ0v) is 13.2. The van der Waals surface area contributed by atoms with Crippen LogP contribution in [-0.2, 0) is 6.42 Å². The third kappa shape index (κ3) is 2.39. The van der Waals surface area contributed by atoms with Gasteiger partial charge in [-0.1, -0.05) is 30.7 Å². The smallest absolute Gasteiger partial charge is 0.204 e. The molecule has 0 aliphatic rings. The van der Waals surface area contributed by atoms with Gasteiger partial charge in [0.2, 0.25) is 5.65 Å². The number of para-hydroxylation sites is 2. The molecule has 2 aromatic carbocycles. The summed E-state index contributed by atoms with van der Waals surface area (Å²) in [6, 6.07) is 15.5. The van der Waals surface area contributed by atoms with Gasteiger partial charge in [-0.05, 0) is 36.4 Å². The molecule has 0 atom stereocenters. The molecule has 4 aromatic rings. The fourth-order valence-electron chi connectivity index (χ4n) is 2.62. The minimum atomic E-state index is 0.679. The van der Waals surface area contributed by atoms with Gasteiger partial charge in [0.25, 0.3) is 0 Å². The topological polar surface area (TPSA) is 55.1 Å².